The highest BCUT2D eigenvalue weighted by Gasteiger charge is 2.09. The van der Waals surface area contributed by atoms with Crippen LogP contribution in [0.15, 0.2) is 12.1 Å². The second-order valence-electron chi connectivity index (χ2n) is 2.72. The molecular formula is C11H7F3O2. The summed E-state index contributed by atoms with van der Waals surface area (Å²) in [4.78, 5) is 10.8. The summed E-state index contributed by atoms with van der Waals surface area (Å²) >= 11 is 0. The third-order valence-electron chi connectivity index (χ3n) is 1.57. The first-order valence-electron chi connectivity index (χ1n) is 4.38. The van der Waals surface area contributed by atoms with E-state index < -0.39 is 29.0 Å². The number of hydrogen-bond donors (Lipinski definition) is 0. The zero-order valence-electron chi connectivity index (χ0n) is 8.31. The Balaban J connectivity index is 3.01. The quantitative estimate of drug-likeness (QED) is 0.417. The van der Waals surface area contributed by atoms with E-state index in [1.54, 1.807) is 6.92 Å². The Bertz CT molecular complexity index is 472. The van der Waals surface area contributed by atoms with Crippen LogP contribution >= 0.6 is 0 Å². The van der Waals surface area contributed by atoms with E-state index in [0.29, 0.717) is 12.1 Å². The Hall–Kier alpha value is -1.96. The second-order valence-corrected chi connectivity index (χ2v) is 2.72. The molecule has 5 heteroatoms. The Morgan fingerprint density at radius 1 is 1.38 bits per heavy atom. The van der Waals surface area contributed by atoms with Crippen molar-refractivity contribution in [2.24, 2.45) is 0 Å². The lowest BCUT2D eigenvalue weighted by atomic mass is 10.2. The molecule has 2 nitrogen and oxygen atoms in total. The van der Waals surface area contributed by atoms with Gasteiger partial charge in [0.05, 0.1) is 12.2 Å². The van der Waals surface area contributed by atoms with E-state index in [9.17, 15) is 18.0 Å². The molecule has 0 heterocycles. The average Bonchev–Trinajstić information content (AvgIpc) is 2.21. The largest absolute Gasteiger partial charge is 0.456 e. The minimum Gasteiger partial charge on any atom is -0.456 e. The zero-order valence-corrected chi connectivity index (χ0v) is 8.31. The monoisotopic (exact) mass is 228 g/mol. The molecule has 16 heavy (non-hydrogen) atoms. The Morgan fingerprint density at radius 2 is 2.06 bits per heavy atom. The van der Waals surface area contributed by atoms with Gasteiger partial charge in [0, 0.05) is 12.0 Å². The van der Waals surface area contributed by atoms with Gasteiger partial charge in [-0.05, 0) is 13.0 Å². The summed E-state index contributed by atoms with van der Waals surface area (Å²) in [5, 5.41) is 0. The van der Waals surface area contributed by atoms with Crippen LogP contribution < -0.4 is 0 Å². The van der Waals surface area contributed by atoms with Crippen molar-refractivity contribution in [1.82, 2.24) is 0 Å². The number of benzene rings is 1. The fourth-order valence-corrected chi connectivity index (χ4v) is 0.932. The van der Waals surface area contributed by atoms with Gasteiger partial charge in [0.2, 0.25) is 0 Å². The van der Waals surface area contributed by atoms with E-state index >= 15 is 0 Å². The molecule has 0 bridgehead atoms. The maximum Gasteiger partial charge on any atom is 0.384 e. The molecule has 0 saturated carbocycles. The molecule has 0 aliphatic heterocycles. The first-order chi connectivity index (χ1) is 7.54. The maximum atomic E-state index is 13.0. The summed E-state index contributed by atoms with van der Waals surface area (Å²) in [7, 11) is 0. The number of carbonyl (C=O) groups excluding carboxylic acids is 1. The van der Waals surface area contributed by atoms with Crippen LogP contribution in [0, 0.1) is 29.3 Å². The Morgan fingerprint density at radius 3 is 2.69 bits per heavy atom. The van der Waals surface area contributed by atoms with Gasteiger partial charge in [-0.3, -0.25) is 0 Å². The number of hydrogen-bond acceptors (Lipinski definition) is 2. The van der Waals surface area contributed by atoms with Crippen molar-refractivity contribution in [2.75, 3.05) is 6.61 Å². The van der Waals surface area contributed by atoms with Crippen LogP contribution in [-0.4, -0.2) is 12.6 Å². The number of esters is 1. The zero-order chi connectivity index (χ0) is 12.1. The van der Waals surface area contributed by atoms with Crippen LogP contribution in [0.5, 0.6) is 0 Å². The first kappa shape index (κ1) is 12.1. The predicted octanol–water partition coefficient (Wildman–Crippen LogP) is 2.02. The average molecular weight is 228 g/mol. The Kier molecular flexibility index (Phi) is 3.95. The minimum atomic E-state index is -1.35. The number of carbonyl (C=O) groups is 1. The van der Waals surface area contributed by atoms with Gasteiger partial charge >= 0.3 is 5.97 Å². The summed E-state index contributed by atoms with van der Waals surface area (Å²) in [6.07, 6.45) is 0. The first-order valence-corrected chi connectivity index (χ1v) is 4.38. The minimum absolute atomic E-state index is 0.119. The molecule has 0 amide bonds. The van der Waals surface area contributed by atoms with E-state index in [0.717, 1.165) is 0 Å². The van der Waals surface area contributed by atoms with E-state index in [-0.39, 0.29) is 6.61 Å². The van der Waals surface area contributed by atoms with Crippen molar-refractivity contribution in [3.63, 3.8) is 0 Å². The molecule has 0 unspecified atom stereocenters. The summed E-state index contributed by atoms with van der Waals surface area (Å²) in [6, 6.07) is 1.09. The van der Waals surface area contributed by atoms with E-state index in [2.05, 4.69) is 4.74 Å². The predicted molar refractivity (Wildman–Crippen MR) is 49.8 cm³/mol. The van der Waals surface area contributed by atoms with Gasteiger partial charge in [-0.2, -0.15) is 0 Å². The van der Waals surface area contributed by atoms with Crippen molar-refractivity contribution in [3.05, 3.63) is 35.1 Å². The summed E-state index contributed by atoms with van der Waals surface area (Å²) < 4.78 is 42.9. The van der Waals surface area contributed by atoms with Gasteiger partial charge in [0.1, 0.15) is 5.82 Å². The van der Waals surface area contributed by atoms with E-state index in [1.807, 2.05) is 11.8 Å². The van der Waals surface area contributed by atoms with Crippen molar-refractivity contribution < 1.29 is 22.7 Å². The molecule has 0 aliphatic carbocycles. The molecule has 0 aliphatic rings. The summed E-state index contributed by atoms with van der Waals surface area (Å²) in [6.45, 7) is 1.69. The number of halogens is 3. The van der Waals surface area contributed by atoms with Gasteiger partial charge in [0.15, 0.2) is 11.6 Å². The molecule has 1 aromatic rings. The molecular weight excluding hydrogens is 221 g/mol. The lowest BCUT2D eigenvalue weighted by Gasteiger charge is -1.96. The van der Waals surface area contributed by atoms with Gasteiger partial charge in [-0.25, -0.2) is 18.0 Å². The maximum absolute atomic E-state index is 13.0. The van der Waals surface area contributed by atoms with Crippen LogP contribution in [0.25, 0.3) is 0 Å². The summed E-state index contributed by atoms with van der Waals surface area (Å²) in [5.74, 6) is -0.585. The normalized spacial score (nSPS) is 9.25. The fraction of sp³-hybridized carbons (Fsp3) is 0.182. The molecule has 84 valence electrons. The standard InChI is InChI=1S/C11H7F3O2/c1-2-16-10(15)4-3-7-5-8(12)6-9(13)11(7)14/h5-6H,2H2,1H3. The van der Waals surface area contributed by atoms with Gasteiger partial charge in [-0.15, -0.1) is 0 Å². The smallest absolute Gasteiger partial charge is 0.384 e. The van der Waals surface area contributed by atoms with Crippen molar-refractivity contribution in [3.8, 4) is 11.8 Å². The molecule has 0 saturated heterocycles. The molecule has 0 spiro atoms. The molecule has 0 atom stereocenters. The third kappa shape index (κ3) is 3.02. The Labute approximate surface area is 90.0 Å². The number of ether oxygens (including phenoxy) is 1. The van der Waals surface area contributed by atoms with Crippen LogP contribution in [0.2, 0.25) is 0 Å². The van der Waals surface area contributed by atoms with E-state index in [1.165, 1.54) is 0 Å². The van der Waals surface area contributed by atoms with Crippen LogP contribution in [0.3, 0.4) is 0 Å². The van der Waals surface area contributed by atoms with Gasteiger partial charge in [0.25, 0.3) is 0 Å². The van der Waals surface area contributed by atoms with Crippen molar-refractivity contribution in [1.29, 1.82) is 0 Å². The summed E-state index contributed by atoms with van der Waals surface area (Å²) in [5.41, 5.74) is -0.523. The van der Waals surface area contributed by atoms with Crippen molar-refractivity contribution >= 4 is 5.97 Å². The molecule has 0 aromatic heterocycles. The highest BCUT2D eigenvalue weighted by molar-refractivity contribution is 5.89. The third-order valence-corrected chi connectivity index (χ3v) is 1.57. The molecule has 1 aromatic carbocycles. The lowest BCUT2D eigenvalue weighted by Crippen LogP contribution is -2.00. The molecule has 0 N–H and O–H groups in total. The van der Waals surface area contributed by atoms with Crippen molar-refractivity contribution in [2.45, 2.75) is 6.92 Å². The molecule has 0 radical (unpaired) electrons. The topological polar surface area (TPSA) is 26.3 Å². The highest BCUT2D eigenvalue weighted by atomic mass is 19.2. The number of rotatable bonds is 1. The SMILES string of the molecule is CCOC(=O)C#Cc1cc(F)cc(F)c1F. The van der Waals surface area contributed by atoms with Gasteiger partial charge in [-0.1, -0.05) is 5.92 Å². The fourth-order valence-electron chi connectivity index (χ4n) is 0.932. The van der Waals surface area contributed by atoms with E-state index in [4.69, 9.17) is 0 Å². The molecule has 1 rings (SSSR count). The highest BCUT2D eigenvalue weighted by Crippen LogP contribution is 2.12. The second kappa shape index (κ2) is 5.21. The van der Waals surface area contributed by atoms with Crippen LogP contribution in [0.1, 0.15) is 12.5 Å². The van der Waals surface area contributed by atoms with Gasteiger partial charge < -0.3 is 4.74 Å². The van der Waals surface area contributed by atoms with Crippen LogP contribution in [-0.2, 0) is 9.53 Å². The van der Waals surface area contributed by atoms with Crippen LogP contribution in [0.4, 0.5) is 13.2 Å². The lowest BCUT2D eigenvalue weighted by molar-refractivity contribution is -0.136. The molecule has 0 fully saturated rings.